The van der Waals surface area contributed by atoms with Crippen molar-refractivity contribution < 1.29 is 40.1 Å². The third-order valence-corrected chi connectivity index (χ3v) is 14.6. The number of ether oxygens (including phenoxy) is 2. The minimum Gasteiger partial charge on any atom is -0.394 e. The number of aliphatic hydroxyl groups excluding tert-OH is 6. The molecule has 4 aliphatic carbocycles. The highest BCUT2D eigenvalue weighted by Gasteiger charge is 2.71. The highest BCUT2D eigenvalue weighted by Crippen LogP contribution is 2.76. The fourth-order valence-corrected chi connectivity index (χ4v) is 11.8. The van der Waals surface area contributed by atoms with Gasteiger partial charge in [0.15, 0.2) is 6.29 Å². The van der Waals surface area contributed by atoms with Crippen LogP contribution in [0.2, 0.25) is 0 Å². The summed E-state index contributed by atoms with van der Waals surface area (Å²) in [6.45, 7) is 17.5. The fourth-order valence-electron chi connectivity index (χ4n) is 11.8. The molecule has 4 saturated carbocycles. The van der Waals surface area contributed by atoms with Gasteiger partial charge >= 0.3 is 0 Å². The topological polar surface area (TPSA) is 140 Å². The van der Waals surface area contributed by atoms with Gasteiger partial charge in [0.05, 0.1) is 24.4 Å². The fraction of sp³-hybridized carbons (Fsp3) is 0.944. The van der Waals surface area contributed by atoms with Gasteiger partial charge in [-0.1, -0.05) is 46.3 Å². The molecule has 8 nitrogen and oxygen atoms in total. The first-order valence-corrected chi connectivity index (χ1v) is 17.3. The molecule has 5 fully saturated rings. The van der Waals surface area contributed by atoms with E-state index in [1.54, 1.807) is 0 Å². The minimum absolute atomic E-state index is 0.0131. The van der Waals surface area contributed by atoms with E-state index in [0.29, 0.717) is 18.3 Å². The van der Waals surface area contributed by atoms with Crippen molar-refractivity contribution >= 4 is 0 Å². The molecule has 0 aromatic rings. The molecule has 0 aromatic carbocycles. The zero-order valence-electron chi connectivity index (χ0n) is 28.5. The summed E-state index contributed by atoms with van der Waals surface area (Å²) in [5.74, 6) is 0.713. The summed E-state index contributed by atoms with van der Waals surface area (Å²) >= 11 is 0. The second kappa shape index (κ2) is 11.8. The molecule has 15 unspecified atom stereocenters. The zero-order chi connectivity index (χ0) is 32.6. The van der Waals surface area contributed by atoms with Gasteiger partial charge in [-0.3, -0.25) is 0 Å². The molecule has 8 heteroatoms. The predicted octanol–water partition coefficient (Wildman–Crippen LogP) is 4.32. The molecule has 0 bridgehead atoms. The van der Waals surface area contributed by atoms with Crippen molar-refractivity contribution in [3.8, 4) is 0 Å². The van der Waals surface area contributed by atoms with Gasteiger partial charge in [0.2, 0.25) is 0 Å². The van der Waals surface area contributed by atoms with Crippen molar-refractivity contribution in [3.05, 3.63) is 11.6 Å². The number of allylic oxidation sites excluding steroid dienone is 2. The van der Waals surface area contributed by atoms with Crippen LogP contribution in [0.5, 0.6) is 0 Å². The first-order chi connectivity index (χ1) is 20.4. The highest BCUT2D eigenvalue weighted by molar-refractivity contribution is 5.20. The van der Waals surface area contributed by atoms with Crippen molar-refractivity contribution in [2.24, 2.45) is 45.3 Å². The highest BCUT2D eigenvalue weighted by atomic mass is 16.7. The van der Waals surface area contributed by atoms with Gasteiger partial charge in [-0.25, -0.2) is 0 Å². The van der Waals surface area contributed by atoms with Crippen LogP contribution in [0, 0.1) is 45.3 Å². The first-order valence-electron chi connectivity index (χ1n) is 17.3. The van der Waals surface area contributed by atoms with Gasteiger partial charge in [-0.2, -0.15) is 0 Å². The Bertz CT molecular complexity index is 1070. The molecular formula is C36H62O8. The van der Waals surface area contributed by atoms with Crippen LogP contribution in [-0.4, -0.2) is 85.8 Å². The lowest BCUT2D eigenvalue weighted by Crippen LogP contribution is -2.67. The van der Waals surface area contributed by atoms with Crippen LogP contribution >= 0.6 is 0 Å². The van der Waals surface area contributed by atoms with E-state index in [2.05, 4.69) is 61.5 Å². The molecule has 1 saturated heterocycles. The van der Waals surface area contributed by atoms with Crippen molar-refractivity contribution in [1.82, 2.24) is 0 Å². The van der Waals surface area contributed by atoms with E-state index >= 15 is 0 Å². The van der Waals surface area contributed by atoms with Crippen molar-refractivity contribution in [2.45, 2.75) is 162 Å². The van der Waals surface area contributed by atoms with Gasteiger partial charge in [-0.05, 0) is 124 Å². The Kier molecular flexibility index (Phi) is 9.35. The quantitative estimate of drug-likeness (QED) is 0.231. The van der Waals surface area contributed by atoms with Crippen molar-refractivity contribution in [2.75, 3.05) is 6.61 Å². The van der Waals surface area contributed by atoms with Crippen LogP contribution in [0.3, 0.4) is 0 Å². The van der Waals surface area contributed by atoms with E-state index in [1.807, 2.05) is 0 Å². The third kappa shape index (κ3) is 5.17. The van der Waals surface area contributed by atoms with Gasteiger partial charge in [0.25, 0.3) is 0 Å². The standard InChI is InChI=1S/C36H62O8/c1-20(2)10-9-14-36(8,44-31-30(42)29(41)28(40)23(19-37)43-31)21-11-16-35(7)27(21)22(38)18-25-33(5)15-13-26(39)32(3,4)24(33)12-17-34(25,35)6/h10,21-31,37-42H,9,11-19H2,1-8H3. The van der Waals surface area contributed by atoms with Gasteiger partial charge < -0.3 is 40.1 Å². The van der Waals surface area contributed by atoms with Crippen molar-refractivity contribution in [1.29, 1.82) is 0 Å². The Morgan fingerprint density at radius 3 is 2.16 bits per heavy atom. The Morgan fingerprint density at radius 2 is 1.52 bits per heavy atom. The second-order valence-corrected chi connectivity index (χ2v) is 17.3. The first kappa shape index (κ1) is 34.7. The SMILES string of the molecule is CC(C)=CCCC(C)(OC1OC(CO)C(O)C(O)C1O)C1CCC2(C)C1C(O)CC1C3(C)CCC(O)C(C)(C)C3CCC12C. The van der Waals surface area contributed by atoms with Crippen LogP contribution in [0.1, 0.15) is 113 Å². The van der Waals surface area contributed by atoms with E-state index in [-0.39, 0.29) is 39.6 Å². The predicted molar refractivity (Wildman–Crippen MR) is 168 cm³/mol. The van der Waals surface area contributed by atoms with Crippen LogP contribution in [0.4, 0.5) is 0 Å². The molecule has 15 atom stereocenters. The Labute approximate surface area is 265 Å². The van der Waals surface area contributed by atoms with E-state index in [0.717, 1.165) is 51.4 Å². The smallest absolute Gasteiger partial charge is 0.187 e. The molecule has 1 aliphatic heterocycles. The van der Waals surface area contributed by atoms with Crippen LogP contribution in [0.15, 0.2) is 11.6 Å². The average Bonchev–Trinajstić information content (AvgIpc) is 3.33. The Balaban J connectivity index is 1.49. The average molecular weight is 623 g/mol. The summed E-state index contributed by atoms with van der Waals surface area (Å²) in [5, 5.41) is 65.0. The molecule has 0 spiro atoms. The molecular weight excluding hydrogens is 560 g/mol. The maximum Gasteiger partial charge on any atom is 0.187 e. The van der Waals surface area contributed by atoms with Crippen molar-refractivity contribution in [3.63, 3.8) is 0 Å². The largest absolute Gasteiger partial charge is 0.394 e. The maximum atomic E-state index is 12.2. The molecule has 44 heavy (non-hydrogen) atoms. The molecule has 0 amide bonds. The van der Waals surface area contributed by atoms with Gasteiger partial charge in [0, 0.05) is 0 Å². The third-order valence-electron chi connectivity index (χ3n) is 14.6. The van der Waals surface area contributed by atoms with Crippen LogP contribution in [-0.2, 0) is 9.47 Å². The normalized spacial score (nSPS) is 51.5. The zero-order valence-corrected chi connectivity index (χ0v) is 28.5. The van der Waals surface area contributed by atoms with E-state index in [9.17, 15) is 30.6 Å². The lowest BCUT2D eigenvalue weighted by molar-refractivity contribution is -0.336. The Hall–Kier alpha value is -0.580. The summed E-state index contributed by atoms with van der Waals surface area (Å²) in [6, 6.07) is 0. The maximum absolute atomic E-state index is 12.2. The molecule has 1 heterocycles. The molecule has 5 aliphatic rings. The lowest BCUT2D eigenvalue weighted by Gasteiger charge is -2.70. The van der Waals surface area contributed by atoms with Crippen LogP contribution < -0.4 is 0 Å². The lowest BCUT2D eigenvalue weighted by atomic mass is 9.35. The number of hydrogen-bond acceptors (Lipinski definition) is 8. The molecule has 0 radical (unpaired) electrons. The number of rotatable bonds is 7. The molecule has 254 valence electrons. The second-order valence-electron chi connectivity index (χ2n) is 17.3. The summed E-state index contributed by atoms with van der Waals surface area (Å²) < 4.78 is 12.6. The van der Waals surface area contributed by atoms with Gasteiger partial charge in [0.1, 0.15) is 24.4 Å². The van der Waals surface area contributed by atoms with E-state index in [4.69, 9.17) is 9.47 Å². The molecule has 0 aromatic heterocycles. The monoisotopic (exact) mass is 622 g/mol. The summed E-state index contributed by atoms with van der Waals surface area (Å²) in [7, 11) is 0. The number of hydrogen-bond donors (Lipinski definition) is 6. The van der Waals surface area contributed by atoms with E-state index in [1.165, 1.54) is 5.57 Å². The Morgan fingerprint density at radius 1 is 0.864 bits per heavy atom. The van der Waals surface area contributed by atoms with Gasteiger partial charge in [-0.15, -0.1) is 0 Å². The number of fused-ring (bicyclic) bond motifs is 5. The number of aliphatic hydroxyl groups is 6. The molecule has 6 N–H and O–H groups in total. The minimum atomic E-state index is -1.50. The summed E-state index contributed by atoms with van der Waals surface area (Å²) in [4.78, 5) is 0. The van der Waals surface area contributed by atoms with Crippen LogP contribution in [0.25, 0.3) is 0 Å². The molecule has 5 rings (SSSR count). The summed E-state index contributed by atoms with van der Waals surface area (Å²) in [5.41, 5.74) is 0.171. The summed E-state index contributed by atoms with van der Waals surface area (Å²) in [6.07, 6.45) is 2.60. The van der Waals surface area contributed by atoms with E-state index < -0.39 is 49.0 Å².